The predicted octanol–water partition coefficient (Wildman–Crippen LogP) is 3.21. The summed E-state index contributed by atoms with van der Waals surface area (Å²) in [6.45, 7) is 5.56. The Bertz CT molecular complexity index is 1070. The van der Waals surface area contributed by atoms with Gasteiger partial charge in [-0.2, -0.15) is 0 Å². The molecule has 0 aliphatic carbocycles. The minimum Gasteiger partial charge on any atom is -0.359 e. The minimum absolute atomic E-state index is 0.0861. The van der Waals surface area contributed by atoms with Gasteiger partial charge < -0.3 is 5.53 Å². The Kier molecular flexibility index (Phi) is 6.36. The zero-order chi connectivity index (χ0) is 20.2. The topological polar surface area (TPSA) is 105 Å². The smallest absolute Gasteiger partial charge is 0.359 e. The average Bonchev–Trinajstić information content (AvgIpc) is 2.67. The Hall–Kier alpha value is -2.28. The van der Waals surface area contributed by atoms with Gasteiger partial charge in [-0.15, -0.1) is 4.79 Å². The fraction of sp³-hybridized carbons (Fsp3) is 0.316. The number of nitrogens with zero attached hydrogens (tertiary/aromatic N) is 2. The lowest BCUT2D eigenvalue weighted by Crippen LogP contribution is -2.28. The van der Waals surface area contributed by atoms with Gasteiger partial charge in [0.25, 0.3) is 19.7 Å². The van der Waals surface area contributed by atoms with E-state index in [0.717, 1.165) is 12.0 Å². The van der Waals surface area contributed by atoms with Gasteiger partial charge in [-0.25, -0.2) is 16.8 Å². The second kappa shape index (κ2) is 8.17. The first-order valence-electron chi connectivity index (χ1n) is 8.65. The summed E-state index contributed by atoms with van der Waals surface area (Å²) < 4.78 is 51.0. The summed E-state index contributed by atoms with van der Waals surface area (Å²) in [7, 11) is -9.07. The molecule has 0 saturated carbocycles. The summed E-state index contributed by atoms with van der Waals surface area (Å²) in [4.78, 5) is 2.38. The van der Waals surface area contributed by atoms with Crippen molar-refractivity contribution >= 4 is 24.1 Å². The highest BCUT2D eigenvalue weighted by Crippen LogP contribution is 2.29. The predicted molar refractivity (Wildman–Crippen MR) is 104 cm³/mol. The molecule has 0 N–H and O–H groups in total. The van der Waals surface area contributed by atoms with Gasteiger partial charge in [0, 0.05) is 0 Å². The maximum atomic E-state index is 13.3. The number of rotatable bonds is 5. The van der Waals surface area contributed by atoms with E-state index in [2.05, 4.69) is 4.79 Å². The summed E-state index contributed by atoms with van der Waals surface area (Å²) in [5.41, 5.74) is 11.4. The van der Waals surface area contributed by atoms with Crippen molar-refractivity contribution in [3.63, 3.8) is 0 Å². The van der Waals surface area contributed by atoms with Crippen molar-refractivity contribution in [3.8, 4) is 0 Å². The highest BCUT2D eigenvalue weighted by Gasteiger charge is 2.45. The van der Waals surface area contributed by atoms with Gasteiger partial charge in [0.05, 0.1) is 9.79 Å². The molecule has 0 atom stereocenters. The average molecular weight is 407 g/mol. The fourth-order valence-corrected chi connectivity index (χ4v) is 6.84. The van der Waals surface area contributed by atoms with E-state index in [1.54, 1.807) is 32.0 Å². The van der Waals surface area contributed by atoms with E-state index in [-0.39, 0.29) is 9.79 Å². The molecule has 0 aliphatic heterocycles. The van der Waals surface area contributed by atoms with Crippen LogP contribution in [-0.2, 0) is 38.9 Å². The molecule has 2 aromatic rings. The number of hydrogen-bond acceptors (Lipinski definition) is 4. The molecule has 6 nitrogen and oxygen atoms in total. The fourth-order valence-electron chi connectivity index (χ4n) is 2.94. The van der Waals surface area contributed by atoms with Crippen LogP contribution in [0.2, 0.25) is 0 Å². The third-order valence-electron chi connectivity index (χ3n) is 4.34. The highest BCUT2D eigenvalue weighted by atomic mass is 32.3. The van der Waals surface area contributed by atoms with Gasteiger partial charge in [-0.3, -0.25) is 0 Å². The first kappa shape index (κ1) is 21.0. The number of aryl methyl sites for hydroxylation is 3. The van der Waals surface area contributed by atoms with Crippen molar-refractivity contribution in [2.24, 2.45) is 0 Å². The maximum Gasteiger partial charge on any atom is 0.504 e. The third kappa shape index (κ3) is 3.88. The molecule has 0 amide bonds. The Morgan fingerprint density at radius 2 is 1.37 bits per heavy atom. The molecule has 0 radical (unpaired) electrons. The van der Waals surface area contributed by atoms with Crippen LogP contribution in [0.3, 0.4) is 0 Å². The first-order valence-corrected chi connectivity index (χ1v) is 11.6. The van der Waals surface area contributed by atoms with E-state index in [1.165, 1.54) is 24.3 Å². The van der Waals surface area contributed by atoms with Gasteiger partial charge >= 0.3 is 4.38 Å². The molecule has 2 aromatic carbocycles. The Labute approximate surface area is 160 Å². The van der Waals surface area contributed by atoms with E-state index >= 15 is 0 Å². The van der Waals surface area contributed by atoms with Crippen molar-refractivity contribution < 1.29 is 21.6 Å². The second-order valence-corrected chi connectivity index (χ2v) is 9.91. The van der Waals surface area contributed by atoms with Gasteiger partial charge in [0.15, 0.2) is 0 Å². The van der Waals surface area contributed by atoms with Crippen molar-refractivity contribution in [2.45, 2.75) is 49.8 Å². The van der Waals surface area contributed by atoms with Crippen molar-refractivity contribution in [2.75, 3.05) is 0 Å². The molecule has 0 bridgehead atoms. The monoisotopic (exact) mass is 406 g/mol. The summed E-state index contributed by atoms with van der Waals surface area (Å²) in [5.74, 6) is 0. The molecule has 0 heterocycles. The van der Waals surface area contributed by atoms with E-state index in [1.807, 2.05) is 6.92 Å². The SMILES string of the molecule is CCc1cc(CC)c(S(=O)(=O)C(=[N+]=[N-])S(=O)(=O)c2ccccc2)c(CC)c1. The largest absolute Gasteiger partial charge is 0.504 e. The van der Waals surface area contributed by atoms with Gasteiger partial charge in [-0.05, 0) is 48.1 Å². The number of sulfone groups is 2. The van der Waals surface area contributed by atoms with Crippen LogP contribution >= 0.6 is 0 Å². The van der Waals surface area contributed by atoms with Crippen LogP contribution in [0, 0.1) is 0 Å². The third-order valence-corrected chi connectivity index (χ3v) is 8.69. The Morgan fingerprint density at radius 1 is 0.852 bits per heavy atom. The molecule has 27 heavy (non-hydrogen) atoms. The second-order valence-electron chi connectivity index (χ2n) is 5.99. The van der Waals surface area contributed by atoms with Crippen molar-refractivity contribution in [3.05, 3.63) is 64.7 Å². The van der Waals surface area contributed by atoms with Crippen LogP contribution in [0.25, 0.3) is 5.53 Å². The van der Waals surface area contributed by atoms with E-state index in [4.69, 9.17) is 0 Å². The lowest BCUT2D eigenvalue weighted by atomic mass is 10.0. The molecule has 0 aromatic heterocycles. The summed E-state index contributed by atoms with van der Waals surface area (Å²) in [6.07, 6.45) is 1.53. The standard InChI is InChI=1S/C19H22N2O4S2/c1-4-14-12-15(5-2)18(16(6-3)13-14)27(24,25)19(21-20)26(22,23)17-10-8-7-9-11-17/h7-13H,4-6H2,1-3H3. The summed E-state index contributed by atoms with van der Waals surface area (Å²) >= 11 is 0. The molecular weight excluding hydrogens is 384 g/mol. The molecule has 0 saturated heterocycles. The van der Waals surface area contributed by atoms with Crippen LogP contribution in [0.4, 0.5) is 0 Å². The van der Waals surface area contributed by atoms with Crippen molar-refractivity contribution in [1.82, 2.24) is 0 Å². The number of benzene rings is 2. The molecule has 8 heteroatoms. The molecule has 0 fully saturated rings. The van der Waals surface area contributed by atoms with E-state index < -0.39 is 24.1 Å². The van der Waals surface area contributed by atoms with Crippen LogP contribution in [0.1, 0.15) is 37.5 Å². The quantitative estimate of drug-likeness (QED) is 0.329. The molecule has 2 rings (SSSR count). The zero-order valence-corrected chi connectivity index (χ0v) is 17.1. The maximum absolute atomic E-state index is 13.3. The van der Waals surface area contributed by atoms with Gasteiger partial charge in [-0.1, -0.05) is 51.1 Å². The molecule has 0 aliphatic rings. The molecule has 144 valence electrons. The lowest BCUT2D eigenvalue weighted by Gasteiger charge is -2.14. The lowest BCUT2D eigenvalue weighted by molar-refractivity contribution is 0.00379. The van der Waals surface area contributed by atoms with Crippen molar-refractivity contribution in [1.29, 1.82) is 0 Å². The van der Waals surface area contributed by atoms with E-state index in [0.29, 0.717) is 24.0 Å². The molecule has 0 unspecified atom stereocenters. The molecular formula is C19H22N2O4S2. The zero-order valence-electron chi connectivity index (χ0n) is 15.5. The van der Waals surface area contributed by atoms with E-state index in [9.17, 15) is 22.4 Å². The Balaban J connectivity index is 2.80. The van der Waals surface area contributed by atoms with Gasteiger partial charge in [0.2, 0.25) is 0 Å². The minimum atomic E-state index is -4.56. The van der Waals surface area contributed by atoms with Crippen LogP contribution in [0.15, 0.2) is 52.3 Å². The van der Waals surface area contributed by atoms with Crippen LogP contribution in [0.5, 0.6) is 0 Å². The van der Waals surface area contributed by atoms with Gasteiger partial charge in [0.1, 0.15) is 0 Å². The molecule has 0 spiro atoms. The summed E-state index contributed by atoms with van der Waals surface area (Å²) in [6, 6.07) is 10.6. The Morgan fingerprint density at radius 3 is 1.78 bits per heavy atom. The first-order chi connectivity index (χ1) is 12.7. The number of hydrogen-bond donors (Lipinski definition) is 0. The van der Waals surface area contributed by atoms with Crippen LogP contribution < -0.4 is 0 Å². The van der Waals surface area contributed by atoms with Crippen LogP contribution in [-0.4, -0.2) is 26.0 Å². The summed E-state index contributed by atoms with van der Waals surface area (Å²) in [5, 5.41) is 0. The highest BCUT2D eigenvalue weighted by molar-refractivity contribution is 8.31. The normalized spacial score (nSPS) is 11.8.